The van der Waals surface area contributed by atoms with E-state index in [1.807, 2.05) is 0 Å². The third-order valence-corrected chi connectivity index (χ3v) is 5.40. The van der Waals surface area contributed by atoms with Crippen LogP contribution < -0.4 is 5.32 Å². The molecule has 0 aromatic heterocycles. The Morgan fingerprint density at radius 2 is 1.81 bits per heavy atom. The predicted molar refractivity (Wildman–Crippen MR) is 110 cm³/mol. The Kier molecular flexibility index (Phi) is 6.40. The molecule has 2 aromatic rings. The van der Waals surface area contributed by atoms with Crippen LogP contribution in [0.25, 0.3) is 0 Å². The fourth-order valence-corrected chi connectivity index (χ4v) is 3.72. The zero-order chi connectivity index (χ0) is 22.8. The van der Waals surface area contributed by atoms with Gasteiger partial charge in [0.2, 0.25) is 5.91 Å². The van der Waals surface area contributed by atoms with E-state index in [9.17, 15) is 27.6 Å². The number of amides is 4. The van der Waals surface area contributed by atoms with Crippen molar-refractivity contribution in [2.45, 2.75) is 25.2 Å². The third-order valence-electron chi connectivity index (χ3n) is 4.91. The van der Waals surface area contributed by atoms with Crippen molar-refractivity contribution in [3.63, 3.8) is 0 Å². The van der Waals surface area contributed by atoms with Crippen LogP contribution in [-0.2, 0) is 21.7 Å². The summed E-state index contributed by atoms with van der Waals surface area (Å²) >= 11 is 3.30. The Labute approximate surface area is 185 Å². The quantitative estimate of drug-likeness (QED) is 0.617. The summed E-state index contributed by atoms with van der Waals surface area (Å²) in [5.74, 6) is -1.70. The first-order chi connectivity index (χ1) is 14.5. The maximum Gasteiger partial charge on any atom is 0.406 e. The van der Waals surface area contributed by atoms with Crippen LogP contribution in [-0.4, -0.2) is 46.9 Å². The van der Waals surface area contributed by atoms with Crippen LogP contribution in [0.5, 0.6) is 0 Å². The van der Waals surface area contributed by atoms with E-state index in [-0.39, 0.29) is 6.54 Å². The molecule has 0 aliphatic carbocycles. The molecule has 4 amide bonds. The van der Waals surface area contributed by atoms with Gasteiger partial charge in [-0.25, -0.2) is 4.79 Å². The summed E-state index contributed by atoms with van der Waals surface area (Å²) in [5, 5.41) is 2.54. The van der Waals surface area contributed by atoms with E-state index in [2.05, 4.69) is 21.2 Å². The molecule has 10 heteroatoms. The average Bonchev–Trinajstić information content (AvgIpc) is 2.91. The SMILES string of the molecule is C[C@]1(c2cccc(Br)c2)NC(=O)N(CC(=O)N(Cc2ccccc2)CC(F)(F)F)C1=O. The van der Waals surface area contributed by atoms with E-state index in [4.69, 9.17) is 0 Å². The van der Waals surface area contributed by atoms with E-state index >= 15 is 0 Å². The molecule has 1 N–H and O–H groups in total. The van der Waals surface area contributed by atoms with Gasteiger partial charge in [-0.05, 0) is 30.2 Å². The molecule has 2 aromatic carbocycles. The number of alkyl halides is 3. The topological polar surface area (TPSA) is 69.7 Å². The number of imide groups is 1. The summed E-state index contributed by atoms with van der Waals surface area (Å²) in [6, 6.07) is 14.1. The molecule has 0 bridgehead atoms. The van der Waals surface area contributed by atoms with E-state index in [0.29, 0.717) is 25.4 Å². The first-order valence-corrected chi connectivity index (χ1v) is 10.1. The van der Waals surface area contributed by atoms with Gasteiger partial charge in [0.15, 0.2) is 0 Å². The van der Waals surface area contributed by atoms with Gasteiger partial charge in [-0.2, -0.15) is 13.2 Å². The van der Waals surface area contributed by atoms with Gasteiger partial charge in [0.1, 0.15) is 18.6 Å². The number of hydrogen-bond acceptors (Lipinski definition) is 3. The molecular formula is C21H19BrF3N3O3. The number of rotatable bonds is 6. The lowest BCUT2D eigenvalue weighted by atomic mass is 9.92. The van der Waals surface area contributed by atoms with Gasteiger partial charge in [-0.15, -0.1) is 0 Å². The van der Waals surface area contributed by atoms with Crippen molar-refractivity contribution in [1.29, 1.82) is 0 Å². The third kappa shape index (κ3) is 5.25. The number of nitrogens with zero attached hydrogens (tertiary/aromatic N) is 2. The van der Waals surface area contributed by atoms with Gasteiger partial charge < -0.3 is 10.2 Å². The minimum Gasteiger partial charge on any atom is -0.328 e. The fourth-order valence-electron chi connectivity index (χ4n) is 3.32. The molecule has 0 radical (unpaired) electrons. The minimum absolute atomic E-state index is 0.300. The zero-order valence-corrected chi connectivity index (χ0v) is 18.0. The zero-order valence-electron chi connectivity index (χ0n) is 16.4. The van der Waals surface area contributed by atoms with Crippen LogP contribution >= 0.6 is 15.9 Å². The normalized spacial score (nSPS) is 18.8. The highest BCUT2D eigenvalue weighted by Crippen LogP contribution is 2.30. The molecule has 3 rings (SSSR count). The van der Waals surface area contributed by atoms with Crippen LogP contribution in [0, 0.1) is 0 Å². The molecule has 1 aliphatic heterocycles. The van der Waals surface area contributed by atoms with Crippen LogP contribution in [0.3, 0.4) is 0 Å². The van der Waals surface area contributed by atoms with Crippen molar-refractivity contribution in [3.05, 3.63) is 70.2 Å². The number of carbonyl (C=O) groups excluding carboxylic acids is 3. The van der Waals surface area contributed by atoms with Crippen LogP contribution in [0.2, 0.25) is 0 Å². The van der Waals surface area contributed by atoms with Crippen LogP contribution in [0.1, 0.15) is 18.1 Å². The van der Waals surface area contributed by atoms with Gasteiger partial charge in [0.25, 0.3) is 5.91 Å². The first-order valence-electron chi connectivity index (χ1n) is 9.28. The molecule has 0 spiro atoms. The molecule has 31 heavy (non-hydrogen) atoms. The average molecular weight is 498 g/mol. The van der Waals surface area contributed by atoms with E-state index in [1.54, 1.807) is 54.6 Å². The number of halogens is 4. The highest BCUT2D eigenvalue weighted by molar-refractivity contribution is 9.10. The summed E-state index contributed by atoms with van der Waals surface area (Å²) < 4.78 is 39.9. The highest BCUT2D eigenvalue weighted by Gasteiger charge is 2.50. The summed E-state index contributed by atoms with van der Waals surface area (Å²) in [6.07, 6.45) is -4.63. The lowest BCUT2D eigenvalue weighted by Crippen LogP contribution is -2.46. The number of benzene rings is 2. The molecule has 1 heterocycles. The summed E-state index contributed by atoms with van der Waals surface area (Å²) in [4.78, 5) is 39.4. The first kappa shape index (κ1) is 22.8. The Bertz CT molecular complexity index is 1000. The molecule has 1 fully saturated rings. The molecule has 0 unspecified atom stereocenters. The van der Waals surface area contributed by atoms with Crippen molar-refractivity contribution >= 4 is 33.8 Å². The number of carbonyl (C=O) groups is 3. The molecule has 1 aliphatic rings. The Morgan fingerprint density at radius 1 is 1.13 bits per heavy atom. The number of urea groups is 1. The summed E-state index contributed by atoms with van der Waals surface area (Å²) in [7, 11) is 0. The van der Waals surface area contributed by atoms with Crippen LogP contribution in [0.15, 0.2) is 59.1 Å². The second-order valence-corrected chi connectivity index (χ2v) is 8.22. The van der Waals surface area contributed by atoms with Gasteiger partial charge in [0.05, 0.1) is 0 Å². The number of hydrogen-bond donors (Lipinski definition) is 1. The second kappa shape index (κ2) is 8.70. The van der Waals surface area contributed by atoms with Gasteiger partial charge in [0, 0.05) is 11.0 Å². The molecule has 0 saturated carbocycles. The van der Waals surface area contributed by atoms with E-state index in [1.165, 1.54) is 6.92 Å². The Morgan fingerprint density at radius 3 is 2.42 bits per heavy atom. The standard InChI is InChI=1S/C21H19BrF3N3O3/c1-20(15-8-5-9-16(22)10-15)18(30)28(19(31)26-20)12-17(29)27(13-21(23,24)25)11-14-6-3-2-4-7-14/h2-10H,11-13H2,1H3,(H,26,31)/t20-/m1/s1. The van der Waals surface area contributed by atoms with Gasteiger partial charge in [-0.3, -0.25) is 14.5 Å². The molecule has 164 valence electrons. The minimum atomic E-state index is -4.63. The Balaban J connectivity index is 1.80. The monoisotopic (exact) mass is 497 g/mol. The van der Waals surface area contributed by atoms with Crippen molar-refractivity contribution in [2.75, 3.05) is 13.1 Å². The molecule has 6 nitrogen and oxygen atoms in total. The number of nitrogens with one attached hydrogen (secondary N) is 1. The van der Waals surface area contributed by atoms with E-state index in [0.717, 1.165) is 0 Å². The van der Waals surface area contributed by atoms with Gasteiger partial charge >= 0.3 is 12.2 Å². The van der Waals surface area contributed by atoms with Crippen molar-refractivity contribution in [2.24, 2.45) is 0 Å². The molecule has 1 atom stereocenters. The van der Waals surface area contributed by atoms with Gasteiger partial charge in [-0.1, -0.05) is 58.4 Å². The van der Waals surface area contributed by atoms with Crippen molar-refractivity contribution in [1.82, 2.24) is 15.1 Å². The summed E-state index contributed by atoms with van der Waals surface area (Å²) in [5.41, 5.74) is -0.460. The van der Waals surface area contributed by atoms with Crippen molar-refractivity contribution in [3.8, 4) is 0 Å². The van der Waals surface area contributed by atoms with Crippen molar-refractivity contribution < 1.29 is 27.6 Å². The largest absolute Gasteiger partial charge is 0.406 e. The smallest absolute Gasteiger partial charge is 0.328 e. The lowest BCUT2D eigenvalue weighted by Gasteiger charge is -2.26. The maximum atomic E-state index is 13.1. The summed E-state index contributed by atoms with van der Waals surface area (Å²) in [6.45, 7) is -1.10. The fraction of sp³-hybridized carbons (Fsp3) is 0.286. The predicted octanol–water partition coefficient (Wildman–Crippen LogP) is 3.81. The second-order valence-electron chi connectivity index (χ2n) is 7.31. The molecular weight excluding hydrogens is 479 g/mol. The Hall–Kier alpha value is -2.88. The van der Waals surface area contributed by atoms with Crippen LogP contribution in [0.4, 0.5) is 18.0 Å². The highest BCUT2D eigenvalue weighted by atomic mass is 79.9. The van der Waals surface area contributed by atoms with E-state index < -0.39 is 42.7 Å². The molecule has 1 saturated heterocycles. The lowest BCUT2D eigenvalue weighted by molar-refractivity contribution is -0.163. The maximum absolute atomic E-state index is 13.1.